The lowest BCUT2D eigenvalue weighted by atomic mass is 10.1. The first-order valence-electron chi connectivity index (χ1n) is 13.1. The van der Waals surface area contributed by atoms with Crippen LogP contribution in [-0.4, -0.2) is 44.2 Å². The Balaban J connectivity index is 0.000000293. The van der Waals surface area contributed by atoms with Gasteiger partial charge in [-0.1, -0.05) is 54.6 Å². The summed E-state index contributed by atoms with van der Waals surface area (Å²) in [6.45, 7) is 0. The summed E-state index contributed by atoms with van der Waals surface area (Å²) in [6.07, 6.45) is 4.57. The first-order chi connectivity index (χ1) is 19.9. The quantitative estimate of drug-likeness (QED) is 0.0903. The number of carbonyl (C=O) groups excluding carboxylic acids is 2. The van der Waals surface area contributed by atoms with Gasteiger partial charge >= 0.3 is 11.9 Å². The lowest BCUT2D eigenvalue weighted by Gasteiger charge is -2.08. The highest BCUT2D eigenvalue weighted by atomic mass is 35.5. The number of hydrogen-bond donors (Lipinski definition) is 6. The Hall–Kier alpha value is -4.28. The Kier molecular flexibility index (Phi) is 14.1. The molecule has 12 heteroatoms. The molecule has 0 aliphatic rings. The average Bonchev–Trinajstić information content (AvgIpc) is 2.92. The van der Waals surface area contributed by atoms with Gasteiger partial charge in [0.1, 0.15) is 11.5 Å². The highest BCUT2D eigenvalue weighted by molar-refractivity contribution is 6.31. The van der Waals surface area contributed by atoms with Crippen LogP contribution in [0, 0.1) is 0 Å². The molecule has 0 atom stereocenters. The molecule has 42 heavy (non-hydrogen) atoms. The second-order valence-electron chi connectivity index (χ2n) is 9.25. The summed E-state index contributed by atoms with van der Waals surface area (Å²) >= 11 is 11.6. The van der Waals surface area contributed by atoms with Gasteiger partial charge in [0.2, 0.25) is 5.91 Å². The number of aliphatic carboxylic acids is 2. The van der Waals surface area contributed by atoms with Crippen molar-refractivity contribution in [2.24, 2.45) is 0 Å². The number of carboxylic acid groups (broad SMARTS) is 2. The van der Waals surface area contributed by atoms with Crippen molar-refractivity contribution in [2.75, 3.05) is 10.6 Å². The van der Waals surface area contributed by atoms with Crippen LogP contribution in [0.4, 0.5) is 11.4 Å². The molecule has 3 aromatic rings. The van der Waals surface area contributed by atoms with Crippen LogP contribution in [0.2, 0.25) is 10.0 Å². The van der Waals surface area contributed by atoms with Crippen molar-refractivity contribution in [1.82, 2.24) is 0 Å². The van der Waals surface area contributed by atoms with Gasteiger partial charge in [0.15, 0.2) is 0 Å². The molecule has 0 aliphatic carbocycles. The molecular weight excluding hydrogens is 587 g/mol. The molecule has 0 aliphatic heterocycles. The largest absolute Gasteiger partial charge is 0.507 e. The molecule has 0 saturated carbocycles. The number of aromatic hydroxyl groups is 2. The Labute approximate surface area is 252 Å². The van der Waals surface area contributed by atoms with Gasteiger partial charge in [0, 0.05) is 28.6 Å². The second-order valence-corrected chi connectivity index (χ2v) is 10.1. The average molecular weight is 619 g/mol. The number of benzene rings is 3. The van der Waals surface area contributed by atoms with E-state index >= 15 is 0 Å². The number of phenolic OH excluding ortho intramolecular Hbond substituents is 2. The Morgan fingerprint density at radius 3 is 1.83 bits per heavy atom. The van der Waals surface area contributed by atoms with E-state index in [1.807, 2.05) is 0 Å². The minimum atomic E-state index is -0.921. The number of nitrogens with one attached hydrogen (secondary N) is 2. The molecule has 0 bridgehead atoms. The maximum absolute atomic E-state index is 12.0. The van der Waals surface area contributed by atoms with Crippen LogP contribution in [0.25, 0.3) is 0 Å². The molecule has 0 radical (unpaired) electrons. The van der Waals surface area contributed by atoms with Gasteiger partial charge in [0.25, 0.3) is 5.91 Å². The van der Waals surface area contributed by atoms with Crippen molar-refractivity contribution >= 4 is 58.3 Å². The van der Waals surface area contributed by atoms with Crippen molar-refractivity contribution in [1.29, 1.82) is 0 Å². The summed E-state index contributed by atoms with van der Waals surface area (Å²) in [5, 5.41) is 42.4. The van der Waals surface area contributed by atoms with E-state index in [1.165, 1.54) is 30.3 Å². The minimum absolute atomic E-state index is 0.0126. The molecular formula is C30H32Cl2N2O8. The van der Waals surface area contributed by atoms with Crippen LogP contribution in [0.5, 0.6) is 11.5 Å². The Morgan fingerprint density at radius 1 is 0.643 bits per heavy atom. The summed E-state index contributed by atoms with van der Waals surface area (Å²) < 4.78 is 0. The van der Waals surface area contributed by atoms with Gasteiger partial charge in [-0.15, -0.1) is 0 Å². The number of carboxylic acids is 2. The monoisotopic (exact) mass is 618 g/mol. The third-order valence-corrected chi connectivity index (χ3v) is 6.27. The highest BCUT2D eigenvalue weighted by Crippen LogP contribution is 2.27. The molecule has 0 fully saturated rings. The second kappa shape index (κ2) is 17.5. The number of carbonyl (C=O) groups is 4. The maximum Gasteiger partial charge on any atom is 0.307 e. The third-order valence-electron chi connectivity index (χ3n) is 5.80. The number of anilines is 2. The van der Waals surface area contributed by atoms with Crippen LogP contribution < -0.4 is 10.6 Å². The number of unbranched alkanes of at least 4 members (excludes halogenated alkanes) is 4. The van der Waals surface area contributed by atoms with Crippen LogP contribution in [0.3, 0.4) is 0 Å². The van der Waals surface area contributed by atoms with Crippen LogP contribution in [0.1, 0.15) is 60.9 Å². The fraction of sp³-hybridized carbons (Fsp3) is 0.267. The normalized spacial score (nSPS) is 10.2. The summed E-state index contributed by atoms with van der Waals surface area (Å²) in [7, 11) is 0. The van der Waals surface area contributed by atoms with E-state index in [1.54, 1.807) is 30.3 Å². The number of hydrogen-bond acceptors (Lipinski definition) is 6. The number of rotatable bonds is 13. The number of phenols is 2. The molecule has 0 unspecified atom stereocenters. The van der Waals surface area contributed by atoms with Gasteiger partial charge in [0.05, 0.1) is 17.7 Å². The number of halogens is 2. The fourth-order valence-electron chi connectivity index (χ4n) is 3.68. The van der Waals surface area contributed by atoms with Crippen molar-refractivity contribution < 1.29 is 39.6 Å². The predicted octanol–water partition coefficient (Wildman–Crippen LogP) is 6.72. The predicted molar refractivity (Wildman–Crippen MR) is 161 cm³/mol. The van der Waals surface area contributed by atoms with E-state index in [2.05, 4.69) is 10.6 Å². The zero-order chi connectivity index (χ0) is 31.1. The Bertz CT molecular complexity index is 1380. The summed E-state index contributed by atoms with van der Waals surface area (Å²) in [4.78, 5) is 44.6. The molecule has 6 N–H and O–H groups in total. The first kappa shape index (κ1) is 33.9. The van der Waals surface area contributed by atoms with E-state index in [4.69, 9.17) is 33.4 Å². The molecule has 10 nitrogen and oxygen atoms in total. The maximum atomic E-state index is 12.0. The third kappa shape index (κ3) is 12.9. The minimum Gasteiger partial charge on any atom is -0.507 e. The van der Waals surface area contributed by atoms with Crippen LogP contribution in [-0.2, 0) is 20.8 Å². The van der Waals surface area contributed by atoms with Gasteiger partial charge in [-0.25, -0.2) is 0 Å². The summed E-state index contributed by atoms with van der Waals surface area (Å²) in [6, 6.07) is 15.1. The van der Waals surface area contributed by atoms with E-state index in [0.29, 0.717) is 39.8 Å². The van der Waals surface area contributed by atoms with E-state index < -0.39 is 17.8 Å². The first-order valence-corrected chi connectivity index (χ1v) is 13.8. The topological polar surface area (TPSA) is 173 Å². The van der Waals surface area contributed by atoms with Crippen LogP contribution in [0.15, 0.2) is 60.7 Å². The smallest absolute Gasteiger partial charge is 0.307 e. The standard InChI is InChI=1S/C15H12ClNO4.C15H20ClNO4/c16-10-3-6-13(18)12(8-10)15(21)17-11-4-1-9(2-5-11)7-14(19)20;16-11-8-9-13(18)12(10-11)17-14(19)6-4-2-1-3-5-7-15(20)21/h1-6,8,18H,7H2,(H,17,21)(H,19,20);8-10,18H,1-7H2,(H,17,19)(H,20,21). The van der Waals surface area contributed by atoms with Crippen molar-refractivity contribution in [3.63, 3.8) is 0 Å². The molecule has 0 saturated heterocycles. The summed E-state index contributed by atoms with van der Waals surface area (Å²) in [5.41, 5.74) is 1.51. The van der Waals surface area contributed by atoms with Crippen LogP contribution >= 0.6 is 23.2 Å². The van der Waals surface area contributed by atoms with E-state index in [0.717, 1.165) is 25.7 Å². The molecule has 224 valence electrons. The zero-order valence-electron chi connectivity index (χ0n) is 22.6. The van der Waals surface area contributed by atoms with E-state index in [-0.39, 0.29) is 35.8 Å². The lowest BCUT2D eigenvalue weighted by molar-refractivity contribution is -0.137. The molecule has 3 aromatic carbocycles. The highest BCUT2D eigenvalue weighted by Gasteiger charge is 2.12. The zero-order valence-corrected chi connectivity index (χ0v) is 24.1. The van der Waals surface area contributed by atoms with Crippen molar-refractivity contribution in [2.45, 2.75) is 51.4 Å². The lowest BCUT2D eigenvalue weighted by Crippen LogP contribution is -2.12. The SMILES string of the molecule is O=C(O)CCCCCCCC(=O)Nc1cc(Cl)ccc1O.O=C(O)Cc1ccc(NC(=O)c2cc(Cl)ccc2O)cc1. The molecule has 0 spiro atoms. The van der Waals surface area contributed by atoms with Gasteiger partial charge in [-0.2, -0.15) is 0 Å². The van der Waals surface area contributed by atoms with Gasteiger partial charge < -0.3 is 31.1 Å². The molecule has 0 aromatic heterocycles. The van der Waals surface area contributed by atoms with Gasteiger partial charge in [-0.05, 0) is 66.9 Å². The number of amides is 2. The molecule has 3 rings (SSSR count). The Morgan fingerprint density at radius 2 is 1.21 bits per heavy atom. The van der Waals surface area contributed by atoms with Crippen molar-refractivity contribution in [3.8, 4) is 11.5 Å². The molecule has 0 heterocycles. The van der Waals surface area contributed by atoms with Gasteiger partial charge in [-0.3, -0.25) is 19.2 Å². The van der Waals surface area contributed by atoms with Crippen molar-refractivity contribution in [3.05, 3.63) is 81.8 Å². The van der Waals surface area contributed by atoms with E-state index in [9.17, 15) is 29.4 Å². The molecule has 2 amide bonds. The summed E-state index contributed by atoms with van der Waals surface area (Å²) in [5.74, 6) is -2.54. The fourth-order valence-corrected chi connectivity index (χ4v) is 4.03.